The number of halogens is 2. The van der Waals surface area contributed by atoms with Crippen molar-refractivity contribution in [3.63, 3.8) is 0 Å². The van der Waals surface area contributed by atoms with Crippen molar-refractivity contribution in [1.29, 1.82) is 0 Å². The first-order valence-corrected chi connectivity index (χ1v) is 5.72. The Morgan fingerprint density at radius 2 is 1.67 bits per heavy atom. The molecule has 0 aromatic heterocycles. The summed E-state index contributed by atoms with van der Waals surface area (Å²) in [5.74, 6) is -0.137. The van der Waals surface area contributed by atoms with Gasteiger partial charge >= 0.3 is 0 Å². The highest BCUT2D eigenvalue weighted by Crippen LogP contribution is 2.48. The molecule has 74 valence electrons. The molecule has 2 aromatic carbocycles. The molecule has 0 radical (unpaired) electrons. The first-order chi connectivity index (χ1) is 7.29. The summed E-state index contributed by atoms with van der Waals surface area (Å²) in [6.45, 7) is 0. The van der Waals surface area contributed by atoms with Crippen molar-refractivity contribution in [1.82, 2.24) is 0 Å². The minimum Gasteiger partial charge on any atom is -0.206 e. The lowest BCUT2D eigenvalue weighted by Gasteiger charge is -2.03. The van der Waals surface area contributed by atoms with E-state index in [0.717, 1.165) is 22.3 Å². The SMILES string of the molecule is Fc1cccc2c1-c1ccccc1C2Br. The highest BCUT2D eigenvalue weighted by Gasteiger charge is 2.28. The van der Waals surface area contributed by atoms with Crippen LogP contribution in [0.25, 0.3) is 11.1 Å². The molecule has 2 aromatic rings. The number of alkyl halides is 1. The van der Waals surface area contributed by atoms with E-state index in [1.54, 1.807) is 6.07 Å². The van der Waals surface area contributed by atoms with E-state index in [9.17, 15) is 4.39 Å². The van der Waals surface area contributed by atoms with Crippen molar-refractivity contribution in [2.24, 2.45) is 0 Å². The average molecular weight is 263 g/mol. The van der Waals surface area contributed by atoms with Gasteiger partial charge in [0.1, 0.15) is 5.82 Å². The maximum Gasteiger partial charge on any atom is 0.131 e. The summed E-state index contributed by atoms with van der Waals surface area (Å²) in [5, 5.41) is 0. The van der Waals surface area contributed by atoms with Gasteiger partial charge in [0, 0.05) is 5.56 Å². The summed E-state index contributed by atoms with van der Waals surface area (Å²) in [5.41, 5.74) is 3.93. The molecule has 0 heterocycles. The van der Waals surface area contributed by atoms with Crippen molar-refractivity contribution in [2.45, 2.75) is 4.83 Å². The Labute approximate surface area is 95.9 Å². The lowest BCUT2D eigenvalue weighted by Crippen LogP contribution is -1.85. The summed E-state index contributed by atoms with van der Waals surface area (Å²) in [7, 11) is 0. The molecule has 2 heteroatoms. The van der Waals surface area contributed by atoms with Crippen LogP contribution in [0.1, 0.15) is 16.0 Å². The largest absolute Gasteiger partial charge is 0.206 e. The Morgan fingerprint density at radius 3 is 2.53 bits per heavy atom. The molecular formula is C13H8BrF. The molecule has 0 spiro atoms. The predicted molar refractivity (Wildman–Crippen MR) is 62.6 cm³/mol. The van der Waals surface area contributed by atoms with Crippen molar-refractivity contribution in [2.75, 3.05) is 0 Å². The van der Waals surface area contributed by atoms with Crippen LogP contribution in [0.4, 0.5) is 4.39 Å². The molecule has 1 aliphatic rings. The van der Waals surface area contributed by atoms with Crippen molar-refractivity contribution >= 4 is 15.9 Å². The monoisotopic (exact) mass is 262 g/mol. The van der Waals surface area contributed by atoms with E-state index in [2.05, 4.69) is 15.9 Å². The Balaban J connectivity index is 2.39. The molecule has 0 nitrogen and oxygen atoms in total. The lowest BCUT2D eigenvalue weighted by molar-refractivity contribution is 0.631. The summed E-state index contributed by atoms with van der Waals surface area (Å²) in [4.78, 5) is 0.124. The standard InChI is InChI=1S/C13H8BrF/c14-13-9-5-2-1-4-8(9)12-10(13)6-3-7-11(12)15/h1-7,13H. The van der Waals surface area contributed by atoms with Gasteiger partial charge in [-0.3, -0.25) is 0 Å². The van der Waals surface area contributed by atoms with Gasteiger partial charge in [0.05, 0.1) is 4.83 Å². The minimum atomic E-state index is -0.137. The van der Waals surface area contributed by atoms with E-state index >= 15 is 0 Å². The normalized spacial score (nSPS) is 17.3. The Kier molecular flexibility index (Phi) is 1.93. The lowest BCUT2D eigenvalue weighted by atomic mass is 10.1. The van der Waals surface area contributed by atoms with E-state index in [1.165, 1.54) is 6.07 Å². The van der Waals surface area contributed by atoms with Crippen LogP contribution in [0.5, 0.6) is 0 Å². The Morgan fingerprint density at radius 1 is 0.933 bits per heavy atom. The fraction of sp³-hybridized carbons (Fsp3) is 0.0769. The van der Waals surface area contributed by atoms with E-state index in [-0.39, 0.29) is 10.6 Å². The summed E-state index contributed by atoms with van der Waals surface area (Å²) >= 11 is 3.60. The van der Waals surface area contributed by atoms with Crippen LogP contribution >= 0.6 is 15.9 Å². The van der Waals surface area contributed by atoms with Gasteiger partial charge in [0.2, 0.25) is 0 Å². The zero-order valence-electron chi connectivity index (χ0n) is 7.87. The van der Waals surface area contributed by atoms with Crippen molar-refractivity contribution < 1.29 is 4.39 Å². The fourth-order valence-corrected chi connectivity index (χ4v) is 2.93. The first-order valence-electron chi connectivity index (χ1n) is 4.81. The van der Waals surface area contributed by atoms with Gasteiger partial charge in [0.15, 0.2) is 0 Å². The second-order valence-corrected chi connectivity index (χ2v) is 4.57. The maximum atomic E-state index is 13.7. The maximum absolute atomic E-state index is 13.7. The molecule has 1 aliphatic carbocycles. The predicted octanol–water partition coefficient (Wildman–Crippen LogP) is 4.29. The highest BCUT2D eigenvalue weighted by molar-refractivity contribution is 9.09. The molecule has 0 saturated carbocycles. The van der Waals surface area contributed by atoms with E-state index in [1.807, 2.05) is 30.3 Å². The van der Waals surface area contributed by atoms with Gasteiger partial charge in [-0.1, -0.05) is 52.3 Å². The van der Waals surface area contributed by atoms with E-state index in [4.69, 9.17) is 0 Å². The van der Waals surface area contributed by atoms with Crippen LogP contribution in [0.2, 0.25) is 0 Å². The zero-order chi connectivity index (χ0) is 10.4. The summed E-state index contributed by atoms with van der Waals surface area (Å²) < 4.78 is 13.7. The molecule has 3 rings (SSSR count). The molecule has 1 atom stereocenters. The van der Waals surface area contributed by atoms with Crippen LogP contribution in [0, 0.1) is 5.82 Å². The zero-order valence-corrected chi connectivity index (χ0v) is 9.46. The molecule has 1 unspecified atom stereocenters. The van der Waals surface area contributed by atoms with Gasteiger partial charge in [-0.15, -0.1) is 0 Å². The third-order valence-electron chi connectivity index (χ3n) is 2.82. The van der Waals surface area contributed by atoms with E-state index in [0.29, 0.717) is 0 Å². The van der Waals surface area contributed by atoms with Crippen LogP contribution < -0.4 is 0 Å². The van der Waals surface area contributed by atoms with E-state index < -0.39 is 0 Å². The van der Waals surface area contributed by atoms with Crippen LogP contribution in [0.3, 0.4) is 0 Å². The topological polar surface area (TPSA) is 0 Å². The van der Waals surface area contributed by atoms with Crippen LogP contribution in [0.15, 0.2) is 42.5 Å². The smallest absolute Gasteiger partial charge is 0.131 e. The number of fused-ring (bicyclic) bond motifs is 3. The van der Waals surface area contributed by atoms with Crippen molar-refractivity contribution in [3.05, 3.63) is 59.4 Å². The molecule has 15 heavy (non-hydrogen) atoms. The minimum absolute atomic E-state index is 0.124. The van der Waals surface area contributed by atoms with Gasteiger partial charge in [0.25, 0.3) is 0 Å². The van der Waals surface area contributed by atoms with Crippen LogP contribution in [-0.2, 0) is 0 Å². The number of hydrogen-bond acceptors (Lipinski definition) is 0. The molecule has 0 saturated heterocycles. The third kappa shape index (κ3) is 1.18. The Bertz CT molecular complexity index is 534. The van der Waals surface area contributed by atoms with Gasteiger partial charge < -0.3 is 0 Å². The average Bonchev–Trinajstić information content (AvgIpc) is 2.55. The summed E-state index contributed by atoms with van der Waals surface area (Å²) in [6.07, 6.45) is 0. The number of benzene rings is 2. The Hall–Kier alpha value is -1.15. The van der Waals surface area contributed by atoms with Gasteiger partial charge in [-0.05, 0) is 22.8 Å². The highest BCUT2D eigenvalue weighted by atomic mass is 79.9. The second-order valence-electron chi connectivity index (χ2n) is 3.65. The third-order valence-corrected chi connectivity index (χ3v) is 3.81. The van der Waals surface area contributed by atoms with Crippen molar-refractivity contribution in [3.8, 4) is 11.1 Å². The van der Waals surface area contributed by atoms with Crippen LogP contribution in [-0.4, -0.2) is 0 Å². The van der Waals surface area contributed by atoms with Gasteiger partial charge in [-0.2, -0.15) is 0 Å². The quantitative estimate of drug-likeness (QED) is 0.622. The molecule has 0 bridgehead atoms. The summed E-state index contributed by atoms with van der Waals surface area (Å²) in [6, 6.07) is 13.2. The molecule has 0 aliphatic heterocycles. The molecule has 0 N–H and O–H groups in total. The fourth-order valence-electron chi connectivity index (χ4n) is 2.15. The number of rotatable bonds is 0. The second kappa shape index (κ2) is 3.17. The first kappa shape index (κ1) is 9.10. The molecule has 0 amide bonds. The molecule has 0 fully saturated rings. The number of hydrogen-bond donors (Lipinski definition) is 0. The van der Waals surface area contributed by atoms with Gasteiger partial charge in [-0.25, -0.2) is 4.39 Å². The molecular weight excluding hydrogens is 255 g/mol.